The Kier molecular flexibility index (Phi) is 5.29. The highest BCUT2D eigenvalue weighted by Gasteiger charge is 2.43. The van der Waals surface area contributed by atoms with E-state index < -0.39 is 23.4 Å². The molecule has 0 aromatic rings. The van der Waals surface area contributed by atoms with Crippen molar-refractivity contribution in [2.45, 2.75) is 26.7 Å². The molecule has 1 rings (SSSR count). The molecule has 1 aliphatic heterocycles. The third-order valence-electron chi connectivity index (χ3n) is 3.45. The van der Waals surface area contributed by atoms with Crippen LogP contribution in [0.4, 0.5) is 4.79 Å². The Morgan fingerprint density at radius 2 is 2.05 bits per heavy atom. The Morgan fingerprint density at radius 1 is 1.37 bits per heavy atom. The van der Waals surface area contributed by atoms with Crippen LogP contribution in [0.1, 0.15) is 26.7 Å². The van der Waals surface area contributed by atoms with Crippen molar-refractivity contribution < 1.29 is 24.2 Å². The van der Waals surface area contributed by atoms with Crippen LogP contribution in [0.2, 0.25) is 0 Å². The molecule has 2 amide bonds. The van der Waals surface area contributed by atoms with Crippen LogP contribution < -0.4 is 5.32 Å². The van der Waals surface area contributed by atoms with Gasteiger partial charge in [0, 0.05) is 6.54 Å². The van der Waals surface area contributed by atoms with Crippen LogP contribution in [0, 0.1) is 5.41 Å². The molecular weight excluding hydrogens is 252 g/mol. The number of alkyl carbamates (subject to hydrolysis) is 1. The normalized spacial score (nSPS) is 23.1. The molecule has 1 atom stereocenters. The van der Waals surface area contributed by atoms with E-state index in [0.717, 1.165) is 0 Å². The van der Waals surface area contributed by atoms with E-state index in [-0.39, 0.29) is 13.2 Å². The van der Waals surface area contributed by atoms with Crippen molar-refractivity contribution in [3.8, 4) is 0 Å². The van der Waals surface area contributed by atoms with E-state index in [9.17, 15) is 19.5 Å². The lowest BCUT2D eigenvalue weighted by Crippen LogP contribution is -2.41. The van der Waals surface area contributed by atoms with Crippen LogP contribution in [0.15, 0.2) is 0 Å². The molecule has 1 heterocycles. The number of nitrogens with zero attached hydrogens (tertiary/aromatic N) is 1. The quantitative estimate of drug-likeness (QED) is 0.754. The molecule has 108 valence electrons. The lowest BCUT2D eigenvalue weighted by Gasteiger charge is -2.22. The van der Waals surface area contributed by atoms with Gasteiger partial charge < -0.3 is 9.84 Å². The van der Waals surface area contributed by atoms with Gasteiger partial charge in [0.1, 0.15) is 0 Å². The topological polar surface area (TPSA) is 95.9 Å². The second-order valence-electron chi connectivity index (χ2n) is 4.67. The number of hydrogen-bond donors (Lipinski definition) is 2. The zero-order valence-corrected chi connectivity index (χ0v) is 11.3. The SMILES string of the molecule is CCOC(=O)NC(=O)CN1CCC(CC)(C(=O)O)C1. The fraction of sp³-hybridized carbons (Fsp3) is 0.750. The van der Waals surface area contributed by atoms with Crippen LogP contribution in [0.3, 0.4) is 0 Å². The van der Waals surface area contributed by atoms with Gasteiger partial charge in [-0.3, -0.25) is 19.8 Å². The summed E-state index contributed by atoms with van der Waals surface area (Å²) in [5.74, 6) is -1.31. The predicted molar refractivity (Wildman–Crippen MR) is 66.6 cm³/mol. The van der Waals surface area contributed by atoms with Gasteiger partial charge in [0.25, 0.3) is 0 Å². The summed E-state index contributed by atoms with van der Waals surface area (Å²) < 4.78 is 4.59. The molecule has 1 fully saturated rings. The predicted octanol–water partition coefficient (Wildman–Crippen LogP) is 0.446. The minimum atomic E-state index is -0.830. The molecule has 0 bridgehead atoms. The summed E-state index contributed by atoms with van der Waals surface area (Å²) in [6.07, 6.45) is 0.274. The van der Waals surface area contributed by atoms with Gasteiger partial charge in [-0.25, -0.2) is 4.79 Å². The van der Waals surface area contributed by atoms with Gasteiger partial charge in [-0.1, -0.05) is 6.92 Å². The highest BCUT2D eigenvalue weighted by atomic mass is 16.5. The van der Waals surface area contributed by atoms with Gasteiger partial charge in [-0.2, -0.15) is 0 Å². The Morgan fingerprint density at radius 3 is 2.53 bits per heavy atom. The van der Waals surface area contributed by atoms with E-state index >= 15 is 0 Å². The monoisotopic (exact) mass is 272 g/mol. The van der Waals surface area contributed by atoms with Crippen LogP contribution in [0.25, 0.3) is 0 Å². The van der Waals surface area contributed by atoms with Crippen molar-refractivity contribution in [2.24, 2.45) is 5.41 Å². The first-order valence-corrected chi connectivity index (χ1v) is 6.36. The summed E-state index contributed by atoms with van der Waals surface area (Å²) in [7, 11) is 0. The van der Waals surface area contributed by atoms with E-state index in [1.807, 2.05) is 6.92 Å². The number of carboxylic acid groups (broad SMARTS) is 1. The number of hydrogen-bond acceptors (Lipinski definition) is 5. The average Bonchev–Trinajstić information content (AvgIpc) is 2.73. The zero-order valence-electron chi connectivity index (χ0n) is 11.3. The number of carbonyl (C=O) groups is 3. The molecule has 0 spiro atoms. The molecule has 2 N–H and O–H groups in total. The molecule has 0 aromatic carbocycles. The summed E-state index contributed by atoms with van der Waals surface area (Å²) >= 11 is 0. The minimum Gasteiger partial charge on any atom is -0.481 e. The first-order valence-electron chi connectivity index (χ1n) is 6.36. The van der Waals surface area contributed by atoms with Crippen molar-refractivity contribution in [1.29, 1.82) is 0 Å². The number of imide groups is 1. The summed E-state index contributed by atoms with van der Waals surface area (Å²) in [6, 6.07) is 0. The van der Waals surface area contributed by atoms with Crippen molar-refractivity contribution in [2.75, 3.05) is 26.2 Å². The minimum absolute atomic E-state index is 0.00778. The number of carbonyl (C=O) groups excluding carboxylic acids is 2. The van der Waals surface area contributed by atoms with E-state index in [2.05, 4.69) is 10.1 Å². The lowest BCUT2D eigenvalue weighted by molar-refractivity contribution is -0.148. The van der Waals surface area contributed by atoms with Gasteiger partial charge in [0.05, 0.1) is 18.6 Å². The van der Waals surface area contributed by atoms with E-state index in [4.69, 9.17) is 0 Å². The summed E-state index contributed by atoms with van der Waals surface area (Å²) in [6.45, 7) is 4.55. The number of amides is 2. The molecule has 1 saturated heterocycles. The third kappa shape index (κ3) is 3.92. The number of ether oxygens (including phenoxy) is 1. The highest BCUT2D eigenvalue weighted by Crippen LogP contribution is 2.33. The number of aliphatic carboxylic acids is 1. The molecule has 7 heteroatoms. The highest BCUT2D eigenvalue weighted by molar-refractivity contribution is 5.92. The second kappa shape index (κ2) is 6.51. The van der Waals surface area contributed by atoms with Gasteiger partial charge in [0.15, 0.2) is 0 Å². The fourth-order valence-corrected chi connectivity index (χ4v) is 2.23. The standard InChI is InChI=1S/C12H20N2O5/c1-3-12(10(16)17)5-6-14(8-12)7-9(15)13-11(18)19-4-2/h3-8H2,1-2H3,(H,16,17)(H,13,15,18). The lowest BCUT2D eigenvalue weighted by atomic mass is 9.84. The zero-order chi connectivity index (χ0) is 14.5. The van der Waals surface area contributed by atoms with E-state index in [0.29, 0.717) is 25.9 Å². The summed E-state index contributed by atoms with van der Waals surface area (Å²) in [4.78, 5) is 35.6. The van der Waals surface area contributed by atoms with E-state index in [1.165, 1.54) is 0 Å². The van der Waals surface area contributed by atoms with Crippen LogP contribution >= 0.6 is 0 Å². The number of rotatable bonds is 5. The third-order valence-corrected chi connectivity index (χ3v) is 3.45. The first kappa shape index (κ1) is 15.4. The van der Waals surface area contributed by atoms with Crippen LogP contribution in [-0.2, 0) is 14.3 Å². The maximum atomic E-state index is 11.6. The van der Waals surface area contributed by atoms with Crippen LogP contribution in [0.5, 0.6) is 0 Å². The first-order chi connectivity index (χ1) is 8.93. The second-order valence-corrected chi connectivity index (χ2v) is 4.67. The molecule has 1 aliphatic rings. The molecule has 0 aliphatic carbocycles. The maximum absolute atomic E-state index is 11.6. The molecule has 0 saturated carbocycles. The molecule has 19 heavy (non-hydrogen) atoms. The Bertz CT molecular complexity index is 371. The Balaban J connectivity index is 2.46. The molecule has 0 aromatic heterocycles. The number of nitrogens with one attached hydrogen (secondary N) is 1. The van der Waals surface area contributed by atoms with Gasteiger partial charge in [0.2, 0.25) is 5.91 Å². The van der Waals surface area contributed by atoms with Crippen LogP contribution in [-0.4, -0.2) is 54.2 Å². The molecule has 0 radical (unpaired) electrons. The van der Waals surface area contributed by atoms with E-state index in [1.54, 1.807) is 11.8 Å². The average molecular weight is 272 g/mol. The fourth-order valence-electron chi connectivity index (χ4n) is 2.23. The molecular formula is C12H20N2O5. The van der Waals surface area contributed by atoms with Crippen molar-refractivity contribution in [1.82, 2.24) is 10.2 Å². The van der Waals surface area contributed by atoms with Gasteiger partial charge >= 0.3 is 12.1 Å². The van der Waals surface area contributed by atoms with Gasteiger partial charge in [-0.05, 0) is 26.3 Å². The molecule has 7 nitrogen and oxygen atoms in total. The summed E-state index contributed by atoms with van der Waals surface area (Å²) in [5, 5.41) is 11.3. The Hall–Kier alpha value is -1.63. The van der Waals surface area contributed by atoms with Gasteiger partial charge in [-0.15, -0.1) is 0 Å². The maximum Gasteiger partial charge on any atom is 0.413 e. The molecule has 1 unspecified atom stereocenters. The number of likely N-dealkylation sites (tertiary alicyclic amines) is 1. The largest absolute Gasteiger partial charge is 0.481 e. The Labute approximate surface area is 111 Å². The smallest absolute Gasteiger partial charge is 0.413 e. The number of carboxylic acids is 1. The van der Waals surface area contributed by atoms with Crippen molar-refractivity contribution in [3.05, 3.63) is 0 Å². The summed E-state index contributed by atoms with van der Waals surface area (Å²) in [5.41, 5.74) is -0.774. The van der Waals surface area contributed by atoms with Crippen molar-refractivity contribution >= 4 is 18.0 Å². The van der Waals surface area contributed by atoms with Crippen molar-refractivity contribution in [3.63, 3.8) is 0 Å².